The third-order valence-corrected chi connectivity index (χ3v) is 6.80. The summed E-state index contributed by atoms with van der Waals surface area (Å²) in [4.78, 5) is 38.1. The number of piperidine rings is 1. The van der Waals surface area contributed by atoms with Gasteiger partial charge in [0.15, 0.2) is 0 Å². The lowest BCUT2D eigenvalue weighted by Crippen LogP contribution is -2.39. The van der Waals surface area contributed by atoms with Crippen molar-refractivity contribution in [1.29, 1.82) is 0 Å². The zero-order valence-electron chi connectivity index (χ0n) is 19.1. The number of anilines is 1. The van der Waals surface area contributed by atoms with Crippen LogP contribution < -0.4 is 5.32 Å². The number of carbonyl (C=O) groups excluding carboxylic acids is 2. The number of carboxylic acid groups (broad SMARTS) is 1. The Morgan fingerprint density at radius 2 is 1.60 bits per heavy atom. The number of ether oxygens (including phenoxy) is 1. The molecule has 3 aromatic rings. The van der Waals surface area contributed by atoms with Crippen molar-refractivity contribution >= 4 is 23.7 Å². The van der Waals surface area contributed by atoms with E-state index in [1.807, 2.05) is 36.4 Å². The van der Waals surface area contributed by atoms with Crippen LogP contribution in [0.2, 0.25) is 0 Å². The van der Waals surface area contributed by atoms with Crippen LogP contribution in [0.3, 0.4) is 0 Å². The molecule has 1 aliphatic carbocycles. The van der Waals surface area contributed by atoms with Crippen molar-refractivity contribution in [3.05, 3.63) is 77.7 Å². The van der Waals surface area contributed by atoms with E-state index < -0.39 is 12.1 Å². The number of furan rings is 1. The Hall–Kier alpha value is -4.07. The molecule has 5 rings (SSSR count). The molecule has 0 bridgehead atoms. The van der Waals surface area contributed by atoms with Crippen molar-refractivity contribution in [1.82, 2.24) is 4.90 Å². The maximum Gasteiger partial charge on any atom is 0.411 e. The molecule has 0 unspecified atom stereocenters. The van der Waals surface area contributed by atoms with Gasteiger partial charge in [-0.2, -0.15) is 0 Å². The Labute approximate surface area is 202 Å². The lowest BCUT2D eigenvalue weighted by molar-refractivity contribution is -0.138. The number of fused-ring (bicyclic) bond motifs is 3. The summed E-state index contributed by atoms with van der Waals surface area (Å²) >= 11 is 0. The van der Waals surface area contributed by atoms with E-state index in [4.69, 9.17) is 14.3 Å². The van der Waals surface area contributed by atoms with E-state index in [0.29, 0.717) is 25.9 Å². The highest BCUT2D eigenvalue weighted by molar-refractivity contribution is 6.00. The highest BCUT2D eigenvalue weighted by atomic mass is 16.5. The van der Waals surface area contributed by atoms with Crippen LogP contribution in [-0.2, 0) is 9.53 Å². The summed E-state index contributed by atoms with van der Waals surface area (Å²) in [6, 6.07) is 17.7. The fourth-order valence-corrected chi connectivity index (χ4v) is 5.05. The summed E-state index contributed by atoms with van der Waals surface area (Å²) in [6.07, 6.45) is 2.03. The Balaban J connectivity index is 1.21. The van der Waals surface area contributed by atoms with Crippen LogP contribution in [0.4, 0.5) is 10.5 Å². The number of benzene rings is 2. The number of aliphatic carboxylic acids is 1. The Bertz CT molecular complexity index is 1210. The molecule has 0 atom stereocenters. The van der Waals surface area contributed by atoms with Gasteiger partial charge >= 0.3 is 12.1 Å². The zero-order valence-corrected chi connectivity index (χ0v) is 19.1. The summed E-state index contributed by atoms with van der Waals surface area (Å²) in [5.41, 5.74) is 4.78. The molecule has 0 saturated carbocycles. The molecule has 2 amide bonds. The quantitative estimate of drug-likeness (QED) is 0.522. The standard InChI is InChI=1S/C27H26N2O6/c30-24(31)15-17-9-12-29(13-10-17)26(32)25-23(11-14-34-25)28-27(33)35-16-22-20-7-3-1-5-18(20)19-6-2-4-8-21(19)22/h1-8,11,14,17,22H,9-10,12-13,15-16H2,(H,28,33)(H,30,31). The van der Waals surface area contributed by atoms with Gasteiger partial charge in [-0.15, -0.1) is 0 Å². The van der Waals surface area contributed by atoms with Crippen molar-refractivity contribution in [2.75, 3.05) is 25.0 Å². The smallest absolute Gasteiger partial charge is 0.411 e. The molecule has 8 nitrogen and oxygen atoms in total. The first-order valence-corrected chi connectivity index (χ1v) is 11.7. The second kappa shape index (κ2) is 9.66. The normalized spacial score (nSPS) is 15.4. The van der Waals surface area contributed by atoms with Crippen molar-refractivity contribution in [3.8, 4) is 11.1 Å². The lowest BCUT2D eigenvalue weighted by atomic mass is 9.93. The van der Waals surface area contributed by atoms with Crippen molar-refractivity contribution < 1.29 is 28.6 Å². The van der Waals surface area contributed by atoms with E-state index >= 15 is 0 Å². The molecule has 1 saturated heterocycles. The number of rotatable bonds is 6. The number of amides is 2. The van der Waals surface area contributed by atoms with Gasteiger partial charge in [-0.3, -0.25) is 14.9 Å². The predicted octanol–water partition coefficient (Wildman–Crippen LogP) is 4.97. The van der Waals surface area contributed by atoms with Crippen molar-refractivity contribution in [3.63, 3.8) is 0 Å². The van der Waals surface area contributed by atoms with Crippen LogP contribution in [0, 0.1) is 5.92 Å². The van der Waals surface area contributed by atoms with Gasteiger partial charge in [0, 0.05) is 31.5 Å². The molecule has 0 radical (unpaired) electrons. The number of carboxylic acids is 1. The van der Waals surface area contributed by atoms with E-state index in [1.165, 1.54) is 12.3 Å². The third-order valence-electron chi connectivity index (χ3n) is 6.80. The van der Waals surface area contributed by atoms with Gasteiger partial charge < -0.3 is 19.2 Å². The van der Waals surface area contributed by atoms with Gasteiger partial charge in [0.2, 0.25) is 5.76 Å². The number of likely N-dealkylation sites (tertiary alicyclic amines) is 1. The number of nitrogens with one attached hydrogen (secondary N) is 1. The zero-order chi connectivity index (χ0) is 24.4. The molecule has 2 heterocycles. The molecule has 180 valence electrons. The Morgan fingerprint density at radius 3 is 2.23 bits per heavy atom. The fourth-order valence-electron chi connectivity index (χ4n) is 5.05. The fraction of sp³-hybridized carbons (Fsp3) is 0.296. The number of carbonyl (C=O) groups is 3. The van der Waals surface area contributed by atoms with Gasteiger partial charge in [-0.1, -0.05) is 48.5 Å². The van der Waals surface area contributed by atoms with E-state index in [1.54, 1.807) is 4.90 Å². The minimum Gasteiger partial charge on any atom is -0.481 e. The first kappa shape index (κ1) is 22.7. The van der Waals surface area contributed by atoms with E-state index in [2.05, 4.69) is 17.4 Å². The molecule has 0 spiro atoms. The summed E-state index contributed by atoms with van der Waals surface area (Å²) in [5, 5.41) is 11.6. The monoisotopic (exact) mass is 474 g/mol. The van der Waals surface area contributed by atoms with Gasteiger partial charge in [-0.25, -0.2) is 4.79 Å². The Kier molecular flexibility index (Phi) is 6.27. The molecule has 2 N–H and O–H groups in total. The van der Waals surface area contributed by atoms with Gasteiger partial charge in [0.1, 0.15) is 6.61 Å². The summed E-state index contributed by atoms with van der Waals surface area (Å²) in [5.74, 6) is -1.12. The van der Waals surface area contributed by atoms with Crippen molar-refractivity contribution in [2.24, 2.45) is 5.92 Å². The average Bonchev–Trinajstić information content (AvgIpc) is 3.45. The number of hydrogen-bond acceptors (Lipinski definition) is 5. The maximum atomic E-state index is 13.0. The third kappa shape index (κ3) is 4.64. The minimum absolute atomic E-state index is 0.0372. The SMILES string of the molecule is O=C(O)CC1CCN(C(=O)c2occc2NC(=O)OCC2c3ccccc3-c3ccccc32)CC1. The topological polar surface area (TPSA) is 109 Å². The van der Waals surface area contributed by atoms with Gasteiger partial charge in [0.05, 0.1) is 12.0 Å². The molecule has 1 aliphatic heterocycles. The van der Waals surface area contributed by atoms with Gasteiger partial charge in [-0.05, 0) is 41.0 Å². The second-order valence-electron chi connectivity index (χ2n) is 8.95. The second-order valence-corrected chi connectivity index (χ2v) is 8.95. The maximum absolute atomic E-state index is 13.0. The number of nitrogens with zero attached hydrogens (tertiary/aromatic N) is 1. The molecule has 2 aromatic carbocycles. The van der Waals surface area contributed by atoms with Crippen LogP contribution in [0.1, 0.15) is 46.9 Å². The first-order valence-electron chi connectivity index (χ1n) is 11.7. The molecule has 8 heteroatoms. The molecular formula is C27H26N2O6. The largest absolute Gasteiger partial charge is 0.481 e. The summed E-state index contributed by atoms with van der Waals surface area (Å²) in [6.45, 7) is 1.06. The molecular weight excluding hydrogens is 448 g/mol. The minimum atomic E-state index is -0.824. The Morgan fingerprint density at radius 1 is 0.971 bits per heavy atom. The van der Waals surface area contributed by atoms with Gasteiger partial charge in [0.25, 0.3) is 5.91 Å². The molecule has 35 heavy (non-hydrogen) atoms. The summed E-state index contributed by atoms with van der Waals surface area (Å²) < 4.78 is 11.0. The first-order chi connectivity index (χ1) is 17.0. The highest BCUT2D eigenvalue weighted by Crippen LogP contribution is 2.44. The van der Waals surface area contributed by atoms with Crippen LogP contribution in [0.15, 0.2) is 65.3 Å². The van der Waals surface area contributed by atoms with Crippen LogP contribution >= 0.6 is 0 Å². The van der Waals surface area contributed by atoms with E-state index in [9.17, 15) is 14.4 Å². The predicted molar refractivity (Wildman–Crippen MR) is 128 cm³/mol. The van der Waals surface area contributed by atoms with Crippen LogP contribution in [0.5, 0.6) is 0 Å². The lowest BCUT2D eigenvalue weighted by Gasteiger charge is -2.30. The molecule has 2 aliphatic rings. The molecule has 1 fully saturated rings. The molecule has 1 aromatic heterocycles. The average molecular weight is 475 g/mol. The number of hydrogen-bond donors (Lipinski definition) is 2. The van der Waals surface area contributed by atoms with Crippen molar-refractivity contribution in [2.45, 2.75) is 25.2 Å². The van der Waals surface area contributed by atoms with Crippen LogP contribution in [-0.4, -0.2) is 47.7 Å². The van der Waals surface area contributed by atoms with Crippen LogP contribution in [0.25, 0.3) is 11.1 Å². The highest BCUT2D eigenvalue weighted by Gasteiger charge is 2.30. The van der Waals surface area contributed by atoms with E-state index in [0.717, 1.165) is 22.3 Å². The van der Waals surface area contributed by atoms with E-state index in [-0.39, 0.29) is 42.2 Å². The summed E-state index contributed by atoms with van der Waals surface area (Å²) in [7, 11) is 0.